The van der Waals surface area contributed by atoms with E-state index in [1.807, 2.05) is 0 Å². The molecule has 1 aromatic carbocycles. The first-order valence-corrected chi connectivity index (χ1v) is 3.07. The minimum absolute atomic E-state index is 0.00926. The smallest absolute Gasteiger partial charge is 0.129 e. The van der Waals surface area contributed by atoms with Gasteiger partial charge >= 0.3 is 0 Å². The first kappa shape index (κ1) is 8.10. The summed E-state index contributed by atoms with van der Waals surface area (Å²) in [5, 5.41) is 0. The van der Waals surface area contributed by atoms with Crippen molar-refractivity contribution in [3.05, 3.63) is 35.4 Å². The molecule has 4 heteroatoms. The summed E-state index contributed by atoms with van der Waals surface area (Å²) in [4.78, 5) is 0. The average molecular weight is 158 g/mol. The Morgan fingerprint density at radius 2 is 1.82 bits per heavy atom. The third-order valence-electron chi connectivity index (χ3n) is 1.32. The first-order chi connectivity index (χ1) is 5.11. The van der Waals surface area contributed by atoms with Crippen molar-refractivity contribution in [3.8, 4) is 0 Å². The third-order valence-corrected chi connectivity index (χ3v) is 1.32. The molecule has 0 heterocycles. The van der Waals surface area contributed by atoms with Crippen LogP contribution in [0.5, 0.6) is 0 Å². The number of benzene rings is 1. The Morgan fingerprint density at radius 1 is 1.18 bits per heavy atom. The van der Waals surface area contributed by atoms with Crippen LogP contribution in [-0.2, 0) is 0 Å². The molecule has 4 N–H and O–H groups in total. The summed E-state index contributed by atoms with van der Waals surface area (Å²) < 4.78 is 25.1. The minimum atomic E-state index is -0.967. The molecule has 11 heavy (non-hydrogen) atoms. The average Bonchev–Trinajstić information content (AvgIpc) is 1.94. The highest BCUT2D eigenvalue weighted by atomic mass is 19.1. The van der Waals surface area contributed by atoms with E-state index in [1.54, 1.807) is 0 Å². The van der Waals surface area contributed by atoms with E-state index in [-0.39, 0.29) is 5.56 Å². The molecule has 0 aliphatic rings. The summed E-state index contributed by atoms with van der Waals surface area (Å²) in [6, 6.07) is 3.00. The molecule has 0 aromatic heterocycles. The standard InChI is InChI=1S/C7H8F2N2/c8-4-1-2-6(9)5(3-4)7(10)11/h1-3,7H,10-11H2. The zero-order valence-corrected chi connectivity index (χ0v) is 5.72. The lowest BCUT2D eigenvalue weighted by Crippen LogP contribution is -2.21. The van der Waals surface area contributed by atoms with Crippen LogP contribution >= 0.6 is 0 Å². The Balaban J connectivity index is 3.13. The van der Waals surface area contributed by atoms with Gasteiger partial charge in [-0.2, -0.15) is 0 Å². The fraction of sp³-hybridized carbons (Fsp3) is 0.143. The fourth-order valence-corrected chi connectivity index (χ4v) is 0.770. The second-order valence-corrected chi connectivity index (χ2v) is 2.19. The van der Waals surface area contributed by atoms with E-state index in [9.17, 15) is 8.78 Å². The summed E-state index contributed by atoms with van der Waals surface area (Å²) >= 11 is 0. The number of halogens is 2. The number of nitrogens with two attached hydrogens (primary N) is 2. The molecule has 0 aliphatic heterocycles. The Hall–Kier alpha value is -1.00. The highest BCUT2D eigenvalue weighted by Gasteiger charge is 2.07. The maximum atomic E-state index is 12.7. The predicted molar refractivity (Wildman–Crippen MR) is 37.5 cm³/mol. The van der Waals surface area contributed by atoms with E-state index in [2.05, 4.69) is 0 Å². The van der Waals surface area contributed by atoms with Crippen molar-refractivity contribution in [2.75, 3.05) is 0 Å². The highest BCUT2D eigenvalue weighted by Crippen LogP contribution is 2.12. The van der Waals surface area contributed by atoms with Gasteiger partial charge in [-0.1, -0.05) is 0 Å². The molecule has 2 nitrogen and oxygen atoms in total. The van der Waals surface area contributed by atoms with Crippen LogP contribution in [0.15, 0.2) is 18.2 Å². The van der Waals surface area contributed by atoms with Crippen molar-refractivity contribution >= 4 is 0 Å². The molecule has 0 radical (unpaired) electrons. The van der Waals surface area contributed by atoms with Crippen LogP contribution < -0.4 is 11.5 Å². The van der Waals surface area contributed by atoms with Gasteiger partial charge in [-0.15, -0.1) is 0 Å². The Kier molecular flexibility index (Phi) is 2.16. The van der Waals surface area contributed by atoms with Gasteiger partial charge < -0.3 is 11.5 Å². The molecule has 0 saturated carbocycles. The van der Waals surface area contributed by atoms with Crippen molar-refractivity contribution in [1.29, 1.82) is 0 Å². The predicted octanol–water partition coefficient (Wildman–Crippen LogP) is 0.881. The molecular formula is C7H8F2N2. The molecule has 1 aromatic rings. The molecule has 0 aliphatic carbocycles. The van der Waals surface area contributed by atoms with Gasteiger partial charge in [0.15, 0.2) is 0 Å². The van der Waals surface area contributed by atoms with E-state index in [0.29, 0.717) is 0 Å². The lowest BCUT2D eigenvalue weighted by atomic mass is 10.1. The van der Waals surface area contributed by atoms with Gasteiger partial charge in [-0.25, -0.2) is 8.78 Å². The lowest BCUT2D eigenvalue weighted by Gasteiger charge is -2.05. The van der Waals surface area contributed by atoms with Gasteiger partial charge in [0.25, 0.3) is 0 Å². The highest BCUT2D eigenvalue weighted by molar-refractivity contribution is 5.20. The molecule has 0 saturated heterocycles. The molecule has 0 spiro atoms. The van der Waals surface area contributed by atoms with Crippen LogP contribution in [0.1, 0.15) is 11.7 Å². The van der Waals surface area contributed by atoms with Gasteiger partial charge in [0.1, 0.15) is 11.6 Å². The van der Waals surface area contributed by atoms with Crippen molar-refractivity contribution in [1.82, 2.24) is 0 Å². The lowest BCUT2D eigenvalue weighted by molar-refractivity contribution is 0.567. The van der Waals surface area contributed by atoms with Crippen LogP contribution in [-0.4, -0.2) is 0 Å². The Labute approximate surface area is 62.8 Å². The monoisotopic (exact) mass is 158 g/mol. The van der Waals surface area contributed by atoms with Crippen LogP contribution in [0.25, 0.3) is 0 Å². The normalized spacial score (nSPS) is 10.6. The maximum Gasteiger partial charge on any atom is 0.129 e. The molecule has 1 rings (SSSR count). The van der Waals surface area contributed by atoms with Gasteiger partial charge in [-0.05, 0) is 18.2 Å². The first-order valence-electron chi connectivity index (χ1n) is 3.07. The zero-order chi connectivity index (χ0) is 8.43. The zero-order valence-electron chi connectivity index (χ0n) is 5.72. The SMILES string of the molecule is NC(N)c1cc(F)ccc1F. The molecule has 0 amide bonds. The van der Waals surface area contributed by atoms with Gasteiger partial charge in [0.2, 0.25) is 0 Å². The van der Waals surface area contributed by atoms with E-state index >= 15 is 0 Å². The second kappa shape index (κ2) is 2.94. The minimum Gasteiger partial charge on any atom is -0.312 e. The molecular weight excluding hydrogens is 150 g/mol. The largest absolute Gasteiger partial charge is 0.312 e. The van der Waals surface area contributed by atoms with Gasteiger partial charge in [0, 0.05) is 5.56 Å². The second-order valence-electron chi connectivity index (χ2n) is 2.19. The molecule has 0 bridgehead atoms. The van der Waals surface area contributed by atoms with Crippen molar-refractivity contribution in [3.63, 3.8) is 0 Å². The molecule has 0 atom stereocenters. The third kappa shape index (κ3) is 1.72. The summed E-state index contributed by atoms with van der Waals surface area (Å²) in [5.74, 6) is -1.12. The fourth-order valence-electron chi connectivity index (χ4n) is 0.770. The summed E-state index contributed by atoms with van der Waals surface area (Å²) in [6.45, 7) is 0. The van der Waals surface area contributed by atoms with Crippen molar-refractivity contribution in [2.24, 2.45) is 11.5 Å². The van der Waals surface area contributed by atoms with E-state index in [4.69, 9.17) is 11.5 Å². The molecule has 0 unspecified atom stereocenters. The Morgan fingerprint density at radius 3 is 2.27 bits per heavy atom. The van der Waals surface area contributed by atoms with E-state index in [1.165, 1.54) is 0 Å². The van der Waals surface area contributed by atoms with Crippen molar-refractivity contribution in [2.45, 2.75) is 6.17 Å². The quantitative estimate of drug-likeness (QED) is 0.596. The van der Waals surface area contributed by atoms with Crippen LogP contribution in [0.4, 0.5) is 8.78 Å². The summed E-state index contributed by atoms with van der Waals surface area (Å²) in [7, 11) is 0. The summed E-state index contributed by atoms with van der Waals surface area (Å²) in [6.07, 6.45) is -0.967. The topological polar surface area (TPSA) is 52.0 Å². The number of rotatable bonds is 1. The summed E-state index contributed by atoms with van der Waals surface area (Å²) in [5.41, 5.74) is 10.3. The Bertz CT molecular complexity index is 261. The molecule has 0 fully saturated rings. The van der Waals surface area contributed by atoms with Crippen LogP contribution in [0.3, 0.4) is 0 Å². The van der Waals surface area contributed by atoms with Crippen molar-refractivity contribution < 1.29 is 8.78 Å². The maximum absolute atomic E-state index is 12.7. The van der Waals surface area contributed by atoms with Crippen LogP contribution in [0.2, 0.25) is 0 Å². The van der Waals surface area contributed by atoms with Gasteiger partial charge in [-0.3, -0.25) is 0 Å². The molecule has 60 valence electrons. The number of hydrogen-bond acceptors (Lipinski definition) is 2. The van der Waals surface area contributed by atoms with E-state index in [0.717, 1.165) is 18.2 Å². The van der Waals surface area contributed by atoms with Crippen LogP contribution in [0, 0.1) is 11.6 Å². The van der Waals surface area contributed by atoms with Gasteiger partial charge in [0.05, 0.1) is 6.17 Å². The number of hydrogen-bond donors (Lipinski definition) is 2. The van der Waals surface area contributed by atoms with E-state index < -0.39 is 17.8 Å².